The smallest absolute Gasteiger partial charge is 0.338 e. The van der Waals surface area contributed by atoms with E-state index in [9.17, 15) is 17.6 Å². The molecule has 0 amide bonds. The highest BCUT2D eigenvalue weighted by Gasteiger charge is 2.40. The number of sulfonamides is 1. The Morgan fingerprint density at radius 1 is 1.38 bits per heavy atom. The lowest BCUT2D eigenvalue weighted by Crippen LogP contribution is -2.45. The van der Waals surface area contributed by atoms with Gasteiger partial charge in [-0.05, 0) is 57.2 Å². The molecule has 0 radical (unpaired) electrons. The van der Waals surface area contributed by atoms with Gasteiger partial charge in [0.2, 0.25) is 10.0 Å². The summed E-state index contributed by atoms with van der Waals surface area (Å²) in [5.74, 6) is -2.13. The number of carboxylic acid groups (broad SMARTS) is 1. The summed E-state index contributed by atoms with van der Waals surface area (Å²) in [6.45, 7) is 4.92. The van der Waals surface area contributed by atoms with E-state index in [1.165, 1.54) is 6.92 Å². The third kappa shape index (κ3) is 3.24. The number of aromatic carboxylic acids is 1. The van der Waals surface area contributed by atoms with E-state index in [1.54, 1.807) is 13.8 Å². The van der Waals surface area contributed by atoms with E-state index < -0.39 is 32.9 Å². The molecule has 0 aliphatic heterocycles. The van der Waals surface area contributed by atoms with Crippen molar-refractivity contribution >= 4 is 16.0 Å². The number of benzene rings is 1. The van der Waals surface area contributed by atoms with Gasteiger partial charge in [0.25, 0.3) is 0 Å². The Morgan fingerprint density at radius 3 is 2.43 bits per heavy atom. The lowest BCUT2D eigenvalue weighted by molar-refractivity contribution is 0.0691. The van der Waals surface area contributed by atoms with E-state index in [0.717, 1.165) is 25.0 Å². The molecule has 7 heteroatoms. The second-order valence-corrected chi connectivity index (χ2v) is 7.69. The van der Waals surface area contributed by atoms with Gasteiger partial charge in [-0.1, -0.05) is 0 Å². The quantitative estimate of drug-likeness (QED) is 0.873. The van der Waals surface area contributed by atoms with Crippen LogP contribution in [0.15, 0.2) is 17.0 Å². The van der Waals surface area contributed by atoms with E-state index in [4.69, 9.17) is 5.11 Å². The molecular formula is C14H18FNO4S. The summed E-state index contributed by atoms with van der Waals surface area (Å²) < 4.78 is 41.1. The third-order valence-electron chi connectivity index (χ3n) is 3.76. The number of hydrogen-bond acceptors (Lipinski definition) is 3. The van der Waals surface area contributed by atoms with Gasteiger partial charge in [0.15, 0.2) is 0 Å². The minimum absolute atomic E-state index is 0.0143. The van der Waals surface area contributed by atoms with Gasteiger partial charge in [0, 0.05) is 5.54 Å². The first-order valence-electron chi connectivity index (χ1n) is 6.62. The zero-order valence-electron chi connectivity index (χ0n) is 12.1. The molecule has 0 unspecified atom stereocenters. The molecule has 0 bridgehead atoms. The Balaban J connectivity index is 2.43. The molecule has 21 heavy (non-hydrogen) atoms. The first-order chi connectivity index (χ1) is 9.54. The van der Waals surface area contributed by atoms with Gasteiger partial charge >= 0.3 is 5.97 Å². The average Bonchev–Trinajstić information content (AvgIpc) is 3.14. The summed E-state index contributed by atoms with van der Waals surface area (Å²) in [6.07, 6.45) is 1.91. The molecule has 1 saturated carbocycles. The van der Waals surface area contributed by atoms with Crippen LogP contribution in [0.25, 0.3) is 0 Å². The van der Waals surface area contributed by atoms with Gasteiger partial charge in [-0.25, -0.2) is 22.3 Å². The van der Waals surface area contributed by atoms with Crippen LogP contribution in [0.3, 0.4) is 0 Å². The fraction of sp³-hybridized carbons (Fsp3) is 0.500. The summed E-state index contributed by atoms with van der Waals surface area (Å²) in [6, 6.07) is 2.00. The Morgan fingerprint density at radius 2 is 1.95 bits per heavy atom. The molecule has 5 nitrogen and oxygen atoms in total. The van der Waals surface area contributed by atoms with Crippen LogP contribution in [0.5, 0.6) is 0 Å². The maximum atomic E-state index is 13.7. The van der Waals surface area contributed by atoms with Gasteiger partial charge in [0.05, 0.1) is 10.5 Å². The monoisotopic (exact) mass is 315 g/mol. The van der Waals surface area contributed by atoms with Crippen LogP contribution in [-0.4, -0.2) is 25.0 Å². The number of aryl methyl sites for hydroxylation is 1. The third-order valence-corrected chi connectivity index (χ3v) is 5.42. The minimum atomic E-state index is -3.90. The zero-order valence-corrected chi connectivity index (χ0v) is 12.9. The van der Waals surface area contributed by atoms with Gasteiger partial charge in [-0.3, -0.25) is 0 Å². The first-order valence-corrected chi connectivity index (χ1v) is 8.10. The average molecular weight is 315 g/mol. The zero-order chi connectivity index (χ0) is 16.0. The predicted molar refractivity (Wildman–Crippen MR) is 75.2 cm³/mol. The molecular weight excluding hydrogens is 297 g/mol. The number of halogens is 1. The number of nitrogens with one attached hydrogen (secondary N) is 1. The number of rotatable bonds is 5. The van der Waals surface area contributed by atoms with Crippen molar-refractivity contribution in [3.05, 3.63) is 29.1 Å². The van der Waals surface area contributed by atoms with E-state index in [1.807, 2.05) is 0 Å². The standard InChI is InChI=1S/C14H18FNO4S/c1-8-6-10(7-11(12(8)15)13(17)18)21(19,20)16-14(2,3)9-4-5-9/h6-7,9,16H,4-5H2,1-3H3,(H,17,18). The van der Waals surface area contributed by atoms with E-state index in [2.05, 4.69) is 4.72 Å². The number of carbonyl (C=O) groups is 1. The van der Waals surface area contributed by atoms with Crippen LogP contribution < -0.4 is 4.72 Å². The fourth-order valence-corrected chi connectivity index (χ4v) is 3.92. The highest BCUT2D eigenvalue weighted by Crippen LogP contribution is 2.40. The molecule has 2 N–H and O–H groups in total. The second-order valence-electron chi connectivity index (χ2n) is 6.01. The molecule has 116 valence electrons. The van der Waals surface area contributed by atoms with Gasteiger partial charge in [0.1, 0.15) is 5.82 Å². The molecule has 0 saturated heterocycles. The van der Waals surface area contributed by atoms with Crippen molar-refractivity contribution in [2.45, 2.75) is 44.0 Å². The Kier molecular flexibility index (Phi) is 3.84. The summed E-state index contributed by atoms with van der Waals surface area (Å²) >= 11 is 0. The van der Waals surface area contributed by atoms with Crippen LogP contribution in [0, 0.1) is 18.7 Å². The molecule has 0 atom stereocenters. The fourth-order valence-electron chi connectivity index (χ4n) is 2.34. The van der Waals surface area contributed by atoms with Crippen LogP contribution in [-0.2, 0) is 10.0 Å². The summed E-state index contributed by atoms with van der Waals surface area (Å²) in [7, 11) is -3.90. The van der Waals surface area contributed by atoms with Crippen LogP contribution in [0.1, 0.15) is 42.6 Å². The van der Waals surface area contributed by atoms with Crippen LogP contribution in [0.2, 0.25) is 0 Å². The van der Waals surface area contributed by atoms with E-state index in [-0.39, 0.29) is 16.4 Å². The SMILES string of the molecule is Cc1cc(S(=O)(=O)NC(C)(C)C2CC2)cc(C(=O)O)c1F. The lowest BCUT2D eigenvalue weighted by atomic mass is 10.0. The Bertz CT molecular complexity index is 693. The molecule has 1 aliphatic rings. The second kappa shape index (κ2) is 5.06. The van der Waals surface area contributed by atoms with Crippen molar-refractivity contribution in [2.75, 3.05) is 0 Å². The molecule has 1 aromatic carbocycles. The van der Waals surface area contributed by atoms with Gasteiger partial charge < -0.3 is 5.11 Å². The highest BCUT2D eigenvalue weighted by atomic mass is 32.2. The van der Waals surface area contributed by atoms with Crippen molar-refractivity contribution in [2.24, 2.45) is 5.92 Å². The summed E-state index contributed by atoms with van der Waals surface area (Å²) in [4.78, 5) is 10.8. The van der Waals surface area contributed by atoms with E-state index in [0.29, 0.717) is 0 Å². The number of carboxylic acids is 1. The maximum absolute atomic E-state index is 13.7. The molecule has 1 fully saturated rings. The van der Waals surface area contributed by atoms with Crippen molar-refractivity contribution in [3.8, 4) is 0 Å². The largest absolute Gasteiger partial charge is 0.478 e. The molecule has 2 rings (SSSR count). The minimum Gasteiger partial charge on any atom is -0.478 e. The molecule has 0 spiro atoms. The Labute approximate surface area is 123 Å². The maximum Gasteiger partial charge on any atom is 0.338 e. The molecule has 0 aromatic heterocycles. The number of hydrogen-bond donors (Lipinski definition) is 2. The first kappa shape index (κ1) is 15.9. The van der Waals surface area contributed by atoms with Crippen molar-refractivity contribution in [1.29, 1.82) is 0 Å². The molecule has 1 aliphatic carbocycles. The van der Waals surface area contributed by atoms with Crippen molar-refractivity contribution in [1.82, 2.24) is 4.72 Å². The van der Waals surface area contributed by atoms with Gasteiger partial charge in [-0.15, -0.1) is 0 Å². The van der Waals surface area contributed by atoms with Crippen molar-refractivity contribution in [3.63, 3.8) is 0 Å². The van der Waals surface area contributed by atoms with Crippen LogP contribution in [0.4, 0.5) is 4.39 Å². The summed E-state index contributed by atoms with van der Waals surface area (Å²) in [5.41, 5.74) is -1.26. The molecule has 0 heterocycles. The normalized spacial score (nSPS) is 16.0. The topological polar surface area (TPSA) is 83.5 Å². The van der Waals surface area contributed by atoms with Crippen LogP contribution >= 0.6 is 0 Å². The Hall–Kier alpha value is -1.47. The predicted octanol–water partition coefficient (Wildman–Crippen LogP) is 2.30. The molecule has 1 aromatic rings. The highest BCUT2D eigenvalue weighted by molar-refractivity contribution is 7.89. The van der Waals surface area contributed by atoms with Gasteiger partial charge in [-0.2, -0.15) is 0 Å². The van der Waals surface area contributed by atoms with Crippen molar-refractivity contribution < 1.29 is 22.7 Å². The lowest BCUT2D eigenvalue weighted by Gasteiger charge is -2.26. The van der Waals surface area contributed by atoms with E-state index >= 15 is 0 Å². The summed E-state index contributed by atoms with van der Waals surface area (Å²) in [5, 5.41) is 8.96.